The van der Waals surface area contributed by atoms with Crippen molar-refractivity contribution in [2.75, 3.05) is 0 Å². The molecule has 5 rings (SSSR count). The van der Waals surface area contributed by atoms with Gasteiger partial charge in [0.05, 0.1) is 16.8 Å². The Morgan fingerprint density at radius 3 is 2.93 bits per heavy atom. The van der Waals surface area contributed by atoms with Gasteiger partial charge in [0, 0.05) is 11.8 Å². The molecule has 2 aromatic heterocycles. The van der Waals surface area contributed by atoms with Crippen molar-refractivity contribution in [3.8, 4) is 5.69 Å². The lowest BCUT2D eigenvalue weighted by molar-refractivity contribution is 0.0932. The van der Waals surface area contributed by atoms with Gasteiger partial charge >= 0.3 is 0 Å². The van der Waals surface area contributed by atoms with Crippen LogP contribution in [0.4, 0.5) is 0 Å². The number of aromatic nitrogens is 3. The van der Waals surface area contributed by atoms with Gasteiger partial charge in [-0.1, -0.05) is 35.9 Å². The number of benzene rings is 2. The SMILES string of the molecule is Cc1nc2cccnc2n1-c1cc(C(=O)NC2CCCc3ccccc32)ccc1Cl. The Morgan fingerprint density at radius 1 is 1.17 bits per heavy atom. The minimum absolute atomic E-state index is 0.0269. The van der Waals surface area contributed by atoms with E-state index >= 15 is 0 Å². The van der Waals surface area contributed by atoms with Crippen LogP contribution >= 0.6 is 11.6 Å². The molecule has 150 valence electrons. The average Bonchev–Trinajstić information content (AvgIpc) is 3.10. The fraction of sp³-hybridized carbons (Fsp3) is 0.208. The zero-order valence-corrected chi connectivity index (χ0v) is 17.4. The first-order chi connectivity index (χ1) is 14.6. The Labute approximate surface area is 179 Å². The number of halogens is 1. The zero-order valence-electron chi connectivity index (χ0n) is 16.6. The highest BCUT2D eigenvalue weighted by Crippen LogP contribution is 2.31. The Balaban J connectivity index is 1.50. The van der Waals surface area contributed by atoms with Crippen LogP contribution in [0.2, 0.25) is 5.02 Å². The number of hydrogen-bond donors (Lipinski definition) is 1. The molecule has 0 saturated carbocycles. The molecule has 0 aliphatic heterocycles. The van der Waals surface area contributed by atoms with E-state index in [1.165, 1.54) is 11.1 Å². The second kappa shape index (κ2) is 7.58. The Hall–Kier alpha value is -3.18. The average molecular weight is 417 g/mol. The molecular weight excluding hydrogens is 396 g/mol. The van der Waals surface area contributed by atoms with Crippen LogP contribution in [0.1, 0.15) is 46.2 Å². The van der Waals surface area contributed by atoms with E-state index in [1.807, 2.05) is 35.8 Å². The number of carbonyl (C=O) groups excluding carboxylic acids is 1. The Morgan fingerprint density at radius 2 is 2.03 bits per heavy atom. The third-order valence-corrected chi connectivity index (χ3v) is 6.03. The molecular formula is C24H21ClN4O. The summed E-state index contributed by atoms with van der Waals surface area (Å²) in [6.45, 7) is 1.91. The number of amides is 1. The minimum atomic E-state index is -0.107. The van der Waals surface area contributed by atoms with E-state index in [-0.39, 0.29) is 11.9 Å². The van der Waals surface area contributed by atoms with E-state index in [2.05, 4.69) is 33.5 Å². The van der Waals surface area contributed by atoms with Crippen LogP contribution in [-0.2, 0) is 6.42 Å². The number of fused-ring (bicyclic) bond motifs is 2. The lowest BCUT2D eigenvalue weighted by atomic mass is 9.87. The van der Waals surface area contributed by atoms with Crippen LogP contribution in [-0.4, -0.2) is 20.4 Å². The van der Waals surface area contributed by atoms with Gasteiger partial charge < -0.3 is 5.32 Å². The predicted octanol–water partition coefficient (Wildman–Crippen LogP) is 5.19. The smallest absolute Gasteiger partial charge is 0.251 e. The Kier molecular flexibility index (Phi) is 4.75. The van der Waals surface area contributed by atoms with Crippen molar-refractivity contribution in [1.29, 1.82) is 0 Å². The van der Waals surface area contributed by atoms with Crippen LogP contribution in [0, 0.1) is 6.92 Å². The van der Waals surface area contributed by atoms with Crippen LogP contribution in [0.5, 0.6) is 0 Å². The number of carbonyl (C=O) groups is 1. The van der Waals surface area contributed by atoms with E-state index in [9.17, 15) is 4.79 Å². The van der Waals surface area contributed by atoms with Crippen molar-refractivity contribution < 1.29 is 4.79 Å². The van der Waals surface area contributed by atoms with Gasteiger partial charge in [-0.15, -0.1) is 0 Å². The van der Waals surface area contributed by atoms with Gasteiger partial charge in [-0.05, 0) is 67.6 Å². The summed E-state index contributed by atoms with van der Waals surface area (Å²) in [6, 6.07) is 17.5. The number of hydrogen-bond acceptors (Lipinski definition) is 3. The zero-order chi connectivity index (χ0) is 20.7. The topological polar surface area (TPSA) is 59.8 Å². The van der Waals surface area contributed by atoms with Gasteiger partial charge in [0.25, 0.3) is 5.91 Å². The number of nitrogens with zero attached hydrogens (tertiary/aromatic N) is 3. The van der Waals surface area contributed by atoms with Crippen molar-refractivity contribution in [2.24, 2.45) is 0 Å². The molecule has 0 saturated heterocycles. The maximum absolute atomic E-state index is 13.1. The highest BCUT2D eigenvalue weighted by molar-refractivity contribution is 6.32. The molecule has 0 spiro atoms. The highest BCUT2D eigenvalue weighted by atomic mass is 35.5. The lowest BCUT2D eigenvalue weighted by Crippen LogP contribution is -2.31. The van der Waals surface area contributed by atoms with E-state index in [1.54, 1.807) is 18.3 Å². The molecule has 30 heavy (non-hydrogen) atoms. The molecule has 0 fully saturated rings. The highest BCUT2D eigenvalue weighted by Gasteiger charge is 2.23. The van der Waals surface area contributed by atoms with Gasteiger partial charge in [-0.2, -0.15) is 0 Å². The van der Waals surface area contributed by atoms with Crippen LogP contribution in [0.15, 0.2) is 60.8 Å². The maximum atomic E-state index is 13.1. The molecule has 6 heteroatoms. The molecule has 1 aliphatic rings. The van der Waals surface area contributed by atoms with Gasteiger partial charge in [0.2, 0.25) is 0 Å². The third kappa shape index (κ3) is 3.25. The second-order valence-corrected chi connectivity index (χ2v) is 8.03. The summed E-state index contributed by atoms with van der Waals surface area (Å²) in [4.78, 5) is 22.1. The predicted molar refractivity (Wildman–Crippen MR) is 118 cm³/mol. The quantitative estimate of drug-likeness (QED) is 0.500. The standard InChI is InChI=1S/C24H21ClN4O/c1-15-27-21-10-5-13-26-23(21)29(15)22-14-17(11-12-19(22)25)24(30)28-20-9-4-7-16-6-2-3-8-18(16)20/h2-3,5-6,8,10-14,20H,4,7,9H2,1H3,(H,28,30). The van der Waals surface area contributed by atoms with Crippen molar-refractivity contribution in [3.05, 3.63) is 88.3 Å². The van der Waals surface area contributed by atoms with Gasteiger partial charge in [0.1, 0.15) is 11.3 Å². The van der Waals surface area contributed by atoms with Crippen molar-refractivity contribution in [2.45, 2.75) is 32.2 Å². The van der Waals surface area contributed by atoms with Crippen molar-refractivity contribution >= 4 is 28.7 Å². The summed E-state index contributed by atoms with van der Waals surface area (Å²) in [6.07, 6.45) is 4.80. The fourth-order valence-electron chi connectivity index (χ4n) is 4.28. The van der Waals surface area contributed by atoms with E-state index in [4.69, 9.17) is 11.6 Å². The van der Waals surface area contributed by atoms with Gasteiger partial charge in [0.15, 0.2) is 5.65 Å². The molecule has 4 aromatic rings. The summed E-state index contributed by atoms with van der Waals surface area (Å²) in [5.41, 5.74) is 5.31. The monoisotopic (exact) mass is 416 g/mol. The Bertz CT molecular complexity index is 1260. The number of nitrogens with one attached hydrogen (secondary N) is 1. The van der Waals surface area contributed by atoms with Gasteiger partial charge in [-0.25, -0.2) is 9.97 Å². The summed E-state index contributed by atoms with van der Waals surface area (Å²) in [7, 11) is 0. The maximum Gasteiger partial charge on any atom is 0.251 e. The summed E-state index contributed by atoms with van der Waals surface area (Å²) in [5, 5.41) is 3.76. The molecule has 0 bridgehead atoms. The fourth-order valence-corrected chi connectivity index (χ4v) is 4.49. The number of rotatable bonds is 3. The molecule has 1 atom stereocenters. The van der Waals surface area contributed by atoms with E-state index < -0.39 is 0 Å². The van der Waals surface area contributed by atoms with Gasteiger partial charge in [-0.3, -0.25) is 9.36 Å². The molecule has 2 aromatic carbocycles. The second-order valence-electron chi connectivity index (χ2n) is 7.62. The first-order valence-corrected chi connectivity index (χ1v) is 10.5. The van der Waals surface area contributed by atoms with Crippen molar-refractivity contribution in [1.82, 2.24) is 19.9 Å². The van der Waals surface area contributed by atoms with E-state index in [0.717, 1.165) is 36.3 Å². The normalized spacial score (nSPS) is 15.7. The molecule has 1 aliphatic carbocycles. The first kappa shape index (κ1) is 18.8. The summed E-state index contributed by atoms with van der Waals surface area (Å²) < 4.78 is 1.89. The van der Waals surface area contributed by atoms with E-state index in [0.29, 0.717) is 16.3 Å². The van der Waals surface area contributed by atoms with Crippen LogP contribution in [0.3, 0.4) is 0 Å². The first-order valence-electron chi connectivity index (χ1n) is 10.1. The third-order valence-electron chi connectivity index (χ3n) is 5.71. The summed E-state index contributed by atoms with van der Waals surface area (Å²) >= 11 is 6.52. The molecule has 2 heterocycles. The molecule has 1 unspecified atom stereocenters. The number of imidazole rings is 1. The minimum Gasteiger partial charge on any atom is -0.345 e. The lowest BCUT2D eigenvalue weighted by Gasteiger charge is -2.26. The van der Waals surface area contributed by atoms with Crippen molar-refractivity contribution in [3.63, 3.8) is 0 Å². The van der Waals surface area contributed by atoms with Crippen LogP contribution in [0.25, 0.3) is 16.9 Å². The summed E-state index contributed by atoms with van der Waals surface area (Å²) in [5.74, 6) is 0.661. The van der Waals surface area contributed by atoms with Crippen LogP contribution < -0.4 is 5.32 Å². The largest absolute Gasteiger partial charge is 0.345 e. The number of pyridine rings is 1. The molecule has 1 amide bonds. The number of aryl methyl sites for hydroxylation is 2. The molecule has 0 radical (unpaired) electrons. The molecule has 5 nitrogen and oxygen atoms in total. The molecule has 1 N–H and O–H groups in total.